The third-order valence-electron chi connectivity index (χ3n) is 12.2. The lowest BCUT2D eigenvalue weighted by Gasteiger charge is -2.44. The fourth-order valence-corrected chi connectivity index (χ4v) is 9.42. The van der Waals surface area contributed by atoms with E-state index >= 15 is 0 Å². The maximum atomic E-state index is 9.74. The normalized spacial score (nSPS) is 15.9. The summed E-state index contributed by atoms with van der Waals surface area (Å²) in [5, 5.41) is 7.87. The predicted molar refractivity (Wildman–Crippen MR) is 233 cm³/mol. The molecule has 0 saturated heterocycles. The molecular formula is C54H44. The molecule has 1 aliphatic carbocycles. The molecule has 0 fully saturated rings. The summed E-state index contributed by atoms with van der Waals surface area (Å²) in [7, 11) is 0. The molecule has 10 rings (SSSR count). The van der Waals surface area contributed by atoms with Crippen molar-refractivity contribution in [3.8, 4) is 44.5 Å². The second kappa shape index (κ2) is 12.3. The van der Waals surface area contributed by atoms with Crippen molar-refractivity contribution in [1.82, 2.24) is 0 Å². The molecule has 9 aromatic carbocycles. The zero-order chi connectivity index (χ0) is 40.1. The van der Waals surface area contributed by atoms with Gasteiger partial charge < -0.3 is 0 Å². The van der Waals surface area contributed by atoms with E-state index in [1.54, 1.807) is 0 Å². The Morgan fingerprint density at radius 2 is 0.944 bits per heavy atom. The molecule has 0 radical (unpaired) electrons. The van der Waals surface area contributed by atoms with Gasteiger partial charge in [-0.1, -0.05) is 191 Å². The van der Waals surface area contributed by atoms with Gasteiger partial charge in [0.05, 0.1) is 5.48 Å². The van der Waals surface area contributed by atoms with Crippen molar-refractivity contribution >= 4 is 43.1 Å². The first kappa shape index (κ1) is 28.5. The van der Waals surface area contributed by atoms with Crippen molar-refractivity contribution in [3.05, 3.63) is 181 Å². The van der Waals surface area contributed by atoms with Crippen LogP contribution >= 0.6 is 0 Å². The number of fused-ring (bicyclic) bond motifs is 6. The smallest absolute Gasteiger partial charge is 0.0622 e. The number of benzene rings is 9. The van der Waals surface area contributed by atoms with E-state index in [0.29, 0.717) is 10.8 Å². The van der Waals surface area contributed by atoms with Crippen molar-refractivity contribution in [2.75, 3.05) is 0 Å². The van der Waals surface area contributed by atoms with Crippen LogP contribution in [0.1, 0.15) is 57.1 Å². The van der Waals surface area contributed by atoms with Gasteiger partial charge in [0.1, 0.15) is 0 Å². The Morgan fingerprint density at radius 1 is 0.407 bits per heavy atom. The quantitative estimate of drug-likeness (QED) is 0.127. The Balaban J connectivity index is 1.32. The van der Waals surface area contributed by atoms with Crippen LogP contribution in [0.4, 0.5) is 0 Å². The fraction of sp³-hybridized carbons (Fsp3) is 0.148. The van der Waals surface area contributed by atoms with Gasteiger partial charge >= 0.3 is 0 Å². The molecule has 0 atom stereocenters. The lowest BCUT2D eigenvalue weighted by molar-refractivity contribution is 0.333. The molecule has 0 unspecified atom stereocenters. The SMILES string of the molecule is [2H]c1c([2H])c([2H])c2c(-c3c(-c4ccccc4)ccc4c3C(C)(C)CCC4(C)C)c3ccccc3c(-c3ccc(-c4cc5ccccc5c5ccccc45)cc3)c2c1[2H]. The topological polar surface area (TPSA) is 0 Å². The number of hydrogen-bond acceptors (Lipinski definition) is 0. The van der Waals surface area contributed by atoms with Crippen LogP contribution in [0.2, 0.25) is 0 Å². The highest BCUT2D eigenvalue weighted by Crippen LogP contribution is 2.55. The van der Waals surface area contributed by atoms with Crippen LogP contribution in [0.5, 0.6) is 0 Å². The van der Waals surface area contributed by atoms with Crippen molar-refractivity contribution < 1.29 is 5.48 Å². The molecular weight excluding hydrogens is 649 g/mol. The molecule has 0 aliphatic heterocycles. The van der Waals surface area contributed by atoms with Crippen molar-refractivity contribution in [3.63, 3.8) is 0 Å². The average molecular weight is 697 g/mol. The summed E-state index contributed by atoms with van der Waals surface area (Å²) in [6, 6.07) is 51.0. The summed E-state index contributed by atoms with van der Waals surface area (Å²) >= 11 is 0. The summed E-state index contributed by atoms with van der Waals surface area (Å²) < 4.78 is 37.5. The molecule has 54 heavy (non-hydrogen) atoms. The van der Waals surface area contributed by atoms with Crippen LogP contribution in [0.3, 0.4) is 0 Å². The van der Waals surface area contributed by atoms with Gasteiger partial charge in [-0.05, 0) is 128 Å². The molecule has 260 valence electrons. The molecule has 0 saturated carbocycles. The third kappa shape index (κ3) is 5.04. The third-order valence-corrected chi connectivity index (χ3v) is 12.2. The Kier molecular flexibility index (Phi) is 6.49. The molecule has 9 aromatic rings. The Labute approximate surface area is 324 Å². The lowest BCUT2D eigenvalue weighted by Crippen LogP contribution is -2.34. The van der Waals surface area contributed by atoms with Crippen LogP contribution in [-0.4, -0.2) is 0 Å². The molecule has 0 heterocycles. The standard InChI is InChI=1S/C54H44/c1-53(2)32-33-54(3,4)52-48(53)31-30-40(35-16-6-5-7-17-35)51(52)50-45-24-14-12-22-43(45)49(44-23-13-15-25-46(44)50)37-28-26-36(27-29-37)47-34-38-18-8-9-19-39(38)41-20-10-11-21-42(41)47/h5-31,34H,32-33H2,1-4H3/i12D,14D,22D,24D. The second-order valence-electron chi connectivity index (χ2n) is 16.4. The van der Waals surface area contributed by atoms with Gasteiger partial charge in [0.25, 0.3) is 0 Å². The van der Waals surface area contributed by atoms with Crippen molar-refractivity contribution in [1.29, 1.82) is 0 Å². The molecule has 0 N–H and O–H groups in total. The average Bonchev–Trinajstić information content (AvgIpc) is 3.25. The van der Waals surface area contributed by atoms with Gasteiger partial charge in [-0.3, -0.25) is 0 Å². The largest absolute Gasteiger partial charge is 0.0629 e. The van der Waals surface area contributed by atoms with Gasteiger partial charge in [0.2, 0.25) is 0 Å². The van der Waals surface area contributed by atoms with E-state index in [1.807, 2.05) is 12.1 Å². The summed E-state index contributed by atoms with van der Waals surface area (Å²) in [4.78, 5) is 0. The second-order valence-corrected chi connectivity index (χ2v) is 16.4. The van der Waals surface area contributed by atoms with Crippen LogP contribution in [0.15, 0.2) is 170 Å². The van der Waals surface area contributed by atoms with E-state index in [2.05, 4.69) is 161 Å². The minimum Gasteiger partial charge on any atom is -0.0622 e. The fourth-order valence-electron chi connectivity index (χ4n) is 9.42. The van der Waals surface area contributed by atoms with E-state index in [-0.39, 0.29) is 35.0 Å². The maximum absolute atomic E-state index is 9.74. The molecule has 0 bridgehead atoms. The maximum Gasteiger partial charge on any atom is 0.0629 e. The van der Waals surface area contributed by atoms with E-state index in [1.165, 1.54) is 32.7 Å². The summed E-state index contributed by atoms with van der Waals surface area (Å²) in [5.41, 5.74) is 10.4. The molecule has 0 spiro atoms. The molecule has 1 aliphatic rings. The highest BCUT2D eigenvalue weighted by atomic mass is 14.4. The summed E-state index contributed by atoms with van der Waals surface area (Å²) in [6.45, 7) is 9.35. The first-order valence-electron chi connectivity index (χ1n) is 21.2. The minimum absolute atomic E-state index is 0.0123. The molecule has 0 amide bonds. The summed E-state index contributed by atoms with van der Waals surface area (Å²) in [5.74, 6) is 0. The van der Waals surface area contributed by atoms with Crippen LogP contribution < -0.4 is 0 Å². The monoisotopic (exact) mass is 696 g/mol. The van der Waals surface area contributed by atoms with Gasteiger partial charge in [-0.2, -0.15) is 0 Å². The van der Waals surface area contributed by atoms with Crippen LogP contribution in [0, 0.1) is 0 Å². The number of hydrogen-bond donors (Lipinski definition) is 0. The predicted octanol–water partition coefficient (Wildman–Crippen LogP) is 15.3. The zero-order valence-corrected chi connectivity index (χ0v) is 31.3. The highest BCUT2D eigenvalue weighted by Gasteiger charge is 2.40. The van der Waals surface area contributed by atoms with E-state index in [0.717, 1.165) is 68.1 Å². The zero-order valence-electron chi connectivity index (χ0n) is 35.3. The molecule has 0 nitrogen and oxygen atoms in total. The summed E-state index contributed by atoms with van der Waals surface area (Å²) in [6.07, 6.45) is 2.06. The lowest BCUT2D eigenvalue weighted by atomic mass is 9.60. The van der Waals surface area contributed by atoms with Crippen LogP contribution in [-0.2, 0) is 10.8 Å². The first-order chi connectivity index (χ1) is 28.0. The Bertz CT molecular complexity index is 3140. The first-order valence-corrected chi connectivity index (χ1v) is 19.2. The molecule has 0 heteroatoms. The minimum atomic E-state index is -0.223. The van der Waals surface area contributed by atoms with Gasteiger partial charge in [-0.15, -0.1) is 0 Å². The van der Waals surface area contributed by atoms with Crippen LogP contribution in [0.25, 0.3) is 87.6 Å². The molecule has 0 aromatic heterocycles. The van der Waals surface area contributed by atoms with Crippen molar-refractivity contribution in [2.24, 2.45) is 0 Å². The van der Waals surface area contributed by atoms with E-state index < -0.39 is 0 Å². The highest BCUT2D eigenvalue weighted by molar-refractivity contribution is 6.23. The van der Waals surface area contributed by atoms with Crippen molar-refractivity contribution in [2.45, 2.75) is 51.4 Å². The van der Waals surface area contributed by atoms with Gasteiger partial charge in [0, 0.05) is 0 Å². The van der Waals surface area contributed by atoms with Gasteiger partial charge in [-0.25, -0.2) is 0 Å². The van der Waals surface area contributed by atoms with Gasteiger partial charge in [0.15, 0.2) is 0 Å². The Morgan fingerprint density at radius 3 is 1.67 bits per heavy atom. The Hall–Kier alpha value is -5.98. The van der Waals surface area contributed by atoms with E-state index in [9.17, 15) is 2.74 Å². The van der Waals surface area contributed by atoms with E-state index in [4.69, 9.17) is 2.74 Å². The number of rotatable bonds is 4.